The zero-order valence-electron chi connectivity index (χ0n) is 29.4. The molecule has 7 nitrogen and oxygen atoms in total. The average Bonchev–Trinajstić information content (AvgIpc) is 3.52. The van der Waals surface area contributed by atoms with Crippen molar-refractivity contribution in [3.05, 3.63) is 35.4 Å². The van der Waals surface area contributed by atoms with Crippen LogP contribution in [0.25, 0.3) is 0 Å². The maximum absolute atomic E-state index is 15.7. The van der Waals surface area contributed by atoms with Crippen LogP contribution in [-0.2, 0) is 19.8 Å². The fourth-order valence-corrected chi connectivity index (χ4v) is 8.15. The Morgan fingerprint density at radius 3 is 2.16 bits per heavy atom. The molecule has 0 radical (unpaired) electrons. The van der Waals surface area contributed by atoms with E-state index in [4.69, 9.17) is 0 Å². The monoisotopic (exact) mass is 631 g/mol. The third-order valence-corrected chi connectivity index (χ3v) is 10.9. The number of rotatable bonds is 6. The molecule has 1 unspecified atom stereocenters. The summed E-state index contributed by atoms with van der Waals surface area (Å²) < 4.78 is 29.6. The van der Waals surface area contributed by atoms with E-state index in [2.05, 4.69) is 44.8 Å². The molecule has 3 fully saturated rings. The first-order chi connectivity index (χ1) is 20.7. The minimum Gasteiger partial charge on any atom is -0.351 e. The number of nitrogens with one attached hydrogen (secondary N) is 1. The van der Waals surface area contributed by atoms with Crippen molar-refractivity contribution in [2.24, 2.45) is 10.8 Å². The Labute approximate surface area is 269 Å². The Hall–Kier alpha value is -2.39. The molecule has 1 saturated carbocycles. The van der Waals surface area contributed by atoms with Gasteiger partial charge in [-0.3, -0.25) is 19.0 Å². The molecule has 0 bridgehead atoms. The molecule has 0 spiro atoms. The van der Waals surface area contributed by atoms with Crippen LogP contribution < -0.4 is 5.32 Å². The van der Waals surface area contributed by atoms with Crippen LogP contribution in [0.1, 0.15) is 106 Å². The van der Waals surface area contributed by atoms with E-state index >= 15 is 9.18 Å². The summed E-state index contributed by atoms with van der Waals surface area (Å²) in [6.07, 6.45) is 4.45. The summed E-state index contributed by atoms with van der Waals surface area (Å²) in [6, 6.07) is 2.43. The second-order valence-corrected chi connectivity index (χ2v) is 17.0. The van der Waals surface area contributed by atoms with Crippen LogP contribution in [-0.4, -0.2) is 88.9 Å². The number of carbonyl (C=O) groups is 3. The molecule has 1 aromatic carbocycles. The molecular weight excluding hydrogens is 574 g/mol. The zero-order valence-corrected chi connectivity index (χ0v) is 29.4. The Bertz CT molecular complexity index is 1290. The van der Waals surface area contributed by atoms with Crippen LogP contribution in [0.3, 0.4) is 0 Å². The van der Waals surface area contributed by atoms with E-state index in [1.807, 2.05) is 32.6 Å². The summed E-state index contributed by atoms with van der Waals surface area (Å²) >= 11 is 0. The van der Waals surface area contributed by atoms with Gasteiger partial charge in [0.2, 0.25) is 5.91 Å². The fraction of sp³-hybridized carbons (Fsp3) is 0.750. The molecule has 3 amide bonds. The molecule has 1 aliphatic carbocycles. The van der Waals surface area contributed by atoms with Crippen molar-refractivity contribution in [3.63, 3.8) is 0 Å². The number of amides is 3. The number of likely N-dealkylation sites (N-methyl/N-ethyl adjacent to an activating group) is 2. The minimum absolute atomic E-state index is 0.0256. The number of nitrogens with zero attached hydrogens (tertiary/aromatic N) is 3. The summed E-state index contributed by atoms with van der Waals surface area (Å²) in [5, 5.41) is 2.96. The molecule has 4 atom stereocenters. The summed E-state index contributed by atoms with van der Waals surface area (Å²) in [4.78, 5) is 47.6. The predicted molar refractivity (Wildman–Crippen MR) is 173 cm³/mol. The molecule has 2 heterocycles. The van der Waals surface area contributed by atoms with Crippen LogP contribution in [0, 0.1) is 22.5 Å². The number of carbonyl (C=O) groups excluding carboxylic acids is 3. The van der Waals surface area contributed by atoms with Crippen molar-refractivity contribution in [1.82, 2.24) is 15.1 Å². The van der Waals surface area contributed by atoms with E-state index in [9.17, 15) is 14.0 Å². The highest BCUT2D eigenvalue weighted by molar-refractivity contribution is 5.89. The van der Waals surface area contributed by atoms with E-state index in [0.717, 1.165) is 31.7 Å². The van der Waals surface area contributed by atoms with Gasteiger partial charge in [-0.2, -0.15) is 0 Å². The third-order valence-electron chi connectivity index (χ3n) is 10.9. The van der Waals surface area contributed by atoms with Crippen LogP contribution in [0.2, 0.25) is 0 Å². The van der Waals surface area contributed by atoms with Gasteiger partial charge in [0.15, 0.2) is 6.04 Å². The zero-order chi connectivity index (χ0) is 33.8. The molecule has 4 rings (SSSR count). The van der Waals surface area contributed by atoms with Crippen LogP contribution in [0.15, 0.2) is 18.2 Å². The first kappa shape index (κ1) is 35.5. The van der Waals surface area contributed by atoms with E-state index in [0.29, 0.717) is 25.9 Å². The summed E-state index contributed by atoms with van der Waals surface area (Å²) in [5.74, 6) is -1.88. The predicted octanol–water partition coefficient (Wildman–Crippen LogP) is 5.80. The molecule has 1 aromatic rings. The van der Waals surface area contributed by atoms with Crippen molar-refractivity contribution >= 4 is 17.7 Å². The normalized spacial score (nSPS) is 29.5. The van der Waals surface area contributed by atoms with Gasteiger partial charge in [-0.1, -0.05) is 40.7 Å². The molecular formula is C36H57F2N4O3+. The maximum atomic E-state index is 15.7. The quantitative estimate of drug-likeness (QED) is 0.403. The van der Waals surface area contributed by atoms with Crippen LogP contribution in [0.4, 0.5) is 8.78 Å². The fourth-order valence-electron chi connectivity index (χ4n) is 8.15. The van der Waals surface area contributed by atoms with Crippen LogP contribution in [0.5, 0.6) is 0 Å². The van der Waals surface area contributed by atoms with E-state index in [1.54, 1.807) is 7.05 Å². The van der Waals surface area contributed by atoms with Gasteiger partial charge in [-0.05, 0) is 71.3 Å². The molecule has 2 saturated heterocycles. The number of benzene rings is 1. The van der Waals surface area contributed by atoms with E-state index in [1.165, 1.54) is 12.1 Å². The highest BCUT2D eigenvalue weighted by atomic mass is 19.1. The lowest BCUT2D eigenvalue weighted by atomic mass is 9.74. The van der Waals surface area contributed by atoms with Gasteiger partial charge in [-0.25, -0.2) is 13.6 Å². The second-order valence-electron chi connectivity index (χ2n) is 17.0. The lowest BCUT2D eigenvalue weighted by molar-refractivity contribution is -0.840. The van der Waals surface area contributed by atoms with E-state index < -0.39 is 28.5 Å². The standard InChI is InChI=1S/C36H56F2N4O3/c1-11-39-30(43)29-21-26(41(31(44)33(2,3)4)25-14-16-35(8,9)17-15-25)22-42(29,10)32(45)36(18-19-40(23-36)34(5,6)7)27-13-12-24(37)20-28(27)38/h12-13,20,25-26,29H,11,14-19,21-23H2,1-10H3/p+1/t26-,29-,36+,42?/m0/s1. The van der Waals surface area contributed by atoms with Crippen LogP contribution >= 0.6 is 0 Å². The van der Waals surface area contributed by atoms with Gasteiger partial charge in [0.1, 0.15) is 23.6 Å². The molecule has 252 valence electrons. The van der Waals surface area contributed by atoms with E-state index in [-0.39, 0.29) is 63.9 Å². The second kappa shape index (κ2) is 12.3. The average molecular weight is 632 g/mol. The Balaban J connectivity index is 1.82. The lowest BCUT2D eigenvalue weighted by Crippen LogP contribution is -2.65. The summed E-state index contributed by atoms with van der Waals surface area (Å²) in [6.45, 7) is 19.9. The topological polar surface area (TPSA) is 69.7 Å². The Kier molecular flexibility index (Phi) is 9.72. The van der Waals surface area contributed by atoms with Crippen molar-refractivity contribution in [1.29, 1.82) is 0 Å². The molecule has 3 aliphatic rings. The van der Waals surface area contributed by atoms with Crippen molar-refractivity contribution in [3.8, 4) is 0 Å². The molecule has 0 aromatic heterocycles. The van der Waals surface area contributed by atoms with Gasteiger partial charge >= 0.3 is 5.91 Å². The number of hydrogen-bond donors (Lipinski definition) is 1. The molecule has 1 N–H and O–H groups in total. The molecule has 45 heavy (non-hydrogen) atoms. The van der Waals surface area contributed by atoms with Gasteiger partial charge in [-0.15, -0.1) is 0 Å². The third kappa shape index (κ3) is 6.85. The number of likely N-dealkylation sites (tertiary alicyclic amines) is 2. The van der Waals surface area contributed by atoms with Gasteiger partial charge in [0.25, 0.3) is 5.91 Å². The first-order valence-electron chi connectivity index (χ1n) is 16.9. The summed E-state index contributed by atoms with van der Waals surface area (Å²) in [5.41, 5.74) is -1.82. The van der Waals surface area contributed by atoms with Crippen molar-refractivity contribution in [2.75, 3.05) is 33.2 Å². The minimum atomic E-state index is -1.28. The molecule has 2 aliphatic heterocycles. The SMILES string of the molecule is CCNC(=O)[C@@H]1C[C@H](N(C(=O)C(C)(C)C)C2CCC(C)(C)CC2)C[N+]1(C)C(=O)[C@]1(c2ccc(F)cc2F)CCN(C(C)(C)C)C1. The summed E-state index contributed by atoms with van der Waals surface area (Å²) in [7, 11) is 1.80. The number of quaternary nitrogens is 1. The van der Waals surface area contributed by atoms with Crippen molar-refractivity contribution in [2.45, 2.75) is 130 Å². The van der Waals surface area contributed by atoms with Gasteiger partial charge in [0.05, 0.1) is 13.1 Å². The van der Waals surface area contributed by atoms with Gasteiger partial charge < -0.3 is 10.2 Å². The maximum Gasteiger partial charge on any atom is 0.326 e. The smallest absolute Gasteiger partial charge is 0.326 e. The highest BCUT2D eigenvalue weighted by Crippen LogP contribution is 2.46. The number of halogens is 2. The molecule has 9 heteroatoms. The first-order valence-corrected chi connectivity index (χ1v) is 16.9. The number of hydrogen-bond acceptors (Lipinski definition) is 4. The largest absolute Gasteiger partial charge is 0.351 e. The lowest BCUT2D eigenvalue weighted by Gasteiger charge is -2.45. The highest BCUT2D eigenvalue weighted by Gasteiger charge is 2.63. The Morgan fingerprint density at radius 1 is 1.02 bits per heavy atom. The van der Waals surface area contributed by atoms with Crippen molar-refractivity contribution < 1.29 is 27.6 Å². The Morgan fingerprint density at radius 2 is 1.64 bits per heavy atom. The van der Waals surface area contributed by atoms with Gasteiger partial charge in [0, 0.05) is 54.7 Å².